The fraction of sp³-hybridized carbons (Fsp3) is 0.143. The Labute approximate surface area is 123 Å². The van der Waals surface area contributed by atoms with E-state index in [0.717, 1.165) is 0 Å². The number of nitrogens with zero attached hydrogens (tertiary/aromatic N) is 1. The van der Waals surface area contributed by atoms with Crippen molar-refractivity contribution in [3.8, 4) is 11.5 Å². The number of nitro groups is 1. The molecule has 0 amide bonds. The third kappa shape index (κ3) is 2.96. The van der Waals surface area contributed by atoms with Crippen LogP contribution in [0.25, 0.3) is 0 Å². The zero-order valence-electron chi connectivity index (χ0n) is 10.6. The maximum Gasteiger partial charge on any atom is 0.270 e. The molecule has 0 radical (unpaired) electrons. The Morgan fingerprint density at radius 2 is 2.05 bits per heavy atom. The lowest BCUT2D eigenvalue weighted by atomic mass is 10.2. The Kier molecular flexibility index (Phi) is 4.34. The second-order valence-electron chi connectivity index (χ2n) is 4.17. The van der Waals surface area contributed by atoms with Gasteiger partial charge in [0.1, 0.15) is 5.75 Å². The van der Waals surface area contributed by atoms with E-state index in [-0.39, 0.29) is 11.4 Å². The Hall–Kier alpha value is -1.95. The molecule has 6 heteroatoms. The summed E-state index contributed by atoms with van der Waals surface area (Å²) >= 11 is 3.24. The van der Waals surface area contributed by atoms with E-state index < -0.39 is 10.7 Å². The molecule has 0 bridgehead atoms. The molecule has 0 N–H and O–H groups in total. The second kappa shape index (κ2) is 6.00. The Morgan fingerprint density at radius 1 is 1.30 bits per heavy atom. The first-order valence-corrected chi connectivity index (χ1v) is 6.91. The van der Waals surface area contributed by atoms with Gasteiger partial charge in [-0.25, -0.2) is 4.39 Å². The van der Waals surface area contributed by atoms with Crippen molar-refractivity contribution in [3.05, 3.63) is 63.5 Å². The molecular formula is C14H11BrFNO3. The summed E-state index contributed by atoms with van der Waals surface area (Å²) in [7, 11) is 0. The van der Waals surface area contributed by atoms with E-state index in [0.29, 0.717) is 22.2 Å². The van der Waals surface area contributed by atoms with E-state index in [2.05, 4.69) is 15.9 Å². The maximum absolute atomic E-state index is 13.9. The first kappa shape index (κ1) is 14.5. The van der Waals surface area contributed by atoms with Crippen molar-refractivity contribution < 1.29 is 14.1 Å². The van der Waals surface area contributed by atoms with Crippen molar-refractivity contribution in [1.82, 2.24) is 0 Å². The third-order valence-electron chi connectivity index (χ3n) is 2.78. The average molecular weight is 340 g/mol. The molecule has 2 aromatic rings. The zero-order valence-corrected chi connectivity index (χ0v) is 12.2. The van der Waals surface area contributed by atoms with Crippen LogP contribution in [0.3, 0.4) is 0 Å². The largest absolute Gasteiger partial charge is 0.454 e. The Morgan fingerprint density at radius 3 is 2.70 bits per heavy atom. The molecule has 0 aliphatic rings. The molecular weight excluding hydrogens is 329 g/mol. The molecule has 0 spiro atoms. The molecule has 20 heavy (non-hydrogen) atoms. The number of ether oxygens (including phenoxy) is 1. The molecule has 0 heterocycles. The molecule has 4 nitrogen and oxygen atoms in total. The summed E-state index contributed by atoms with van der Waals surface area (Å²) in [5.41, 5.74) is 1.03. The van der Waals surface area contributed by atoms with Crippen molar-refractivity contribution in [3.63, 3.8) is 0 Å². The van der Waals surface area contributed by atoms with Crippen LogP contribution in [0.15, 0.2) is 36.4 Å². The van der Waals surface area contributed by atoms with Crippen LogP contribution in [0.5, 0.6) is 11.5 Å². The lowest BCUT2D eigenvalue weighted by Crippen LogP contribution is -1.95. The van der Waals surface area contributed by atoms with Crippen LogP contribution in [0, 0.1) is 22.9 Å². The molecule has 0 saturated heterocycles. The van der Waals surface area contributed by atoms with Gasteiger partial charge >= 0.3 is 0 Å². The van der Waals surface area contributed by atoms with Crippen molar-refractivity contribution in [2.24, 2.45) is 0 Å². The summed E-state index contributed by atoms with van der Waals surface area (Å²) in [6, 6.07) is 9.04. The highest BCUT2D eigenvalue weighted by molar-refractivity contribution is 9.08. The zero-order chi connectivity index (χ0) is 14.7. The summed E-state index contributed by atoms with van der Waals surface area (Å²) in [6.07, 6.45) is 0. The molecule has 0 saturated carbocycles. The van der Waals surface area contributed by atoms with Gasteiger partial charge in [-0.15, -0.1) is 0 Å². The topological polar surface area (TPSA) is 52.4 Å². The molecule has 0 unspecified atom stereocenters. The van der Waals surface area contributed by atoms with Crippen LogP contribution >= 0.6 is 15.9 Å². The number of benzene rings is 2. The van der Waals surface area contributed by atoms with Crippen molar-refractivity contribution in [2.75, 3.05) is 0 Å². The fourth-order valence-corrected chi connectivity index (χ4v) is 2.14. The highest BCUT2D eigenvalue weighted by Crippen LogP contribution is 2.32. The maximum atomic E-state index is 13.9. The Bertz CT molecular complexity index is 661. The number of alkyl halides is 1. The van der Waals surface area contributed by atoms with E-state index in [1.165, 1.54) is 24.3 Å². The molecule has 104 valence electrons. The summed E-state index contributed by atoms with van der Waals surface area (Å²) < 4.78 is 19.4. The van der Waals surface area contributed by atoms with E-state index in [4.69, 9.17) is 4.74 Å². The molecule has 0 atom stereocenters. The van der Waals surface area contributed by atoms with Gasteiger partial charge in [0.2, 0.25) is 0 Å². The summed E-state index contributed by atoms with van der Waals surface area (Å²) in [4.78, 5) is 10.2. The highest BCUT2D eigenvalue weighted by Gasteiger charge is 2.13. The van der Waals surface area contributed by atoms with E-state index in [1.54, 1.807) is 19.1 Å². The van der Waals surface area contributed by atoms with Crippen LogP contribution in [0.1, 0.15) is 11.1 Å². The van der Waals surface area contributed by atoms with Crippen LogP contribution in [0.2, 0.25) is 0 Å². The summed E-state index contributed by atoms with van der Waals surface area (Å²) in [5.74, 6) is 0.0457. The number of hydrogen-bond acceptors (Lipinski definition) is 3. The van der Waals surface area contributed by atoms with Gasteiger partial charge in [-0.1, -0.05) is 28.1 Å². The number of rotatable bonds is 4. The SMILES string of the molecule is Cc1cccc(Oc2ccc([N+](=O)[O-])cc2CBr)c1F. The number of nitro benzene ring substituents is 1. The lowest BCUT2D eigenvalue weighted by Gasteiger charge is -2.11. The van der Waals surface area contributed by atoms with Crippen molar-refractivity contribution in [1.29, 1.82) is 0 Å². The minimum Gasteiger partial charge on any atom is -0.454 e. The molecule has 2 rings (SSSR count). The van der Waals surface area contributed by atoms with Gasteiger partial charge in [-0.2, -0.15) is 0 Å². The molecule has 0 aliphatic heterocycles. The third-order valence-corrected chi connectivity index (χ3v) is 3.38. The average Bonchev–Trinajstić information content (AvgIpc) is 2.44. The van der Waals surface area contributed by atoms with Gasteiger partial charge in [0.05, 0.1) is 4.92 Å². The van der Waals surface area contributed by atoms with E-state index >= 15 is 0 Å². The highest BCUT2D eigenvalue weighted by atomic mass is 79.9. The summed E-state index contributed by atoms with van der Waals surface area (Å²) in [5, 5.41) is 11.1. The molecule has 0 fully saturated rings. The van der Waals surface area contributed by atoms with Gasteiger partial charge < -0.3 is 4.74 Å². The first-order chi connectivity index (χ1) is 9.52. The number of hydrogen-bond donors (Lipinski definition) is 0. The molecule has 2 aromatic carbocycles. The van der Waals surface area contributed by atoms with Gasteiger partial charge in [0.25, 0.3) is 5.69 Å². The second-order valence-corrected chi connectivity index (χ2v) is 4.73. The first-order valence-electron chi connectivity index (χ1n) is 5.79. The van der Waals surface area contributed by atoms with Crippen LogP contribution in [-0.4, -0.2) is 4.92 Å². The molecule has 0 aliphatic carbocycles. The van der Waals surface area contributed by atoms with E-state index in [1.807, 2.05) is 0 Å². The summed E-state index contributed by atoms with van der Waals surface area (Å²) in [6.45, 7) is 1.64. The van der Waals surface area contributed by atoms with Crippen LogP contribution in [-0.2, 0) is 5.33 Å². The van der Waals surface area contributed by atoms with E-state index in [9.17, 15) is 14.5 Å². The predicted molar refractivity (Wildman–Crippen MR) is 76.9 cm³/mol. The fourth-order valence-electron chi connectivity index (χ4n) is 1.70. The minimum atomic E-state index is -0.483. The number of aryl methyl sites for hydroxylation is 1. The standard InChI is InChI=1S/C14H11BrFNO3/c1-9-3-2-4-13(14(9)16)20-12-6-5-11(17(18)19)7-10(12)8-15/h2-7H,8H2,1H3. The lowest BCUT2D eigenvalue weighted by molar-refractivity contribution is -0.384. The normalized spacial score (nSPS) is 10.3. The van der Waals surface area contributed by atoms with Crippen LogP contribution in [0.4, 0.5) is 10.1 Å². The number of non-ortho nitro benzene ring substituents is 1. The van der Waals surface area contributed by atoms with Gasteiger partial charge in [0.15, 0.2) is 11.6 Å². The van der Waals surface area contributed by atoms with Gasteiger partial charge in [0, 0.05) is 23.0 Å². The monoisotopic (exact) mass is 339 g/mol. The molecule has 0 aromatic heterocycles. The van der Waals surface area contributed by atoms with Crippen LogP contribution < -0.4 is 4.74 Å². The number of halogens is 2. The minimum absolute atomic E-state index is 0.0310. The smallest absolute Gasteiger partial charge is 0.270 e. The van der Waals surface area contributed by atoms with Crippen molar-refractivity contribution >= 4 is 21.6 Å². The predicted octanol–water partition coefficient (Wildman–Crippen LogP) is 4.73. The Balaban J connectivity index is 2.38. The van der Waals surface area contributed by atoms with Gasteiger partial charge in [-0.3, -0.25) is 10.1 Å². The van der Waals surface area contributed by atoms with Crippen molar-refractivity contribution in [2.45, 2.75) is 12.3 Å². The quantitative estimate of drug-likeness (QED) is 0.459. The van der Waals surface area contributed by atoms with Gasteiger partial charge in [-0.05, 0) is 24.6 Å².